The third-order valence-electron chi connectivity index (χ3n) is 1.96. The summed E-state index contributed by atoms with van der Waals surface area (Å²) in [5, 5.41) is 8.79. The Morgan fingerprint density at radius 2 is 2.12 bits per heavy atom. The standard InChI is InChI=1S/C11H8BrFN2O2/c12-9-2-1-8(3-10(9)13)17-11-5-14-7(6-16)4-15-11/h1-5,16H,6H2. The number of benzene rings is 1. The van der Waals surface area contributed by atoms with Gasteiger partial charge in [0.2, 0.25) is 5.88 Å². The van der Waals surface area contributed by atoms with Gasteiger partial charge in [0.1, 0.15) is 11.6 Å². The molecule has 0 saturated heterocycles. The molecule has 0 bridgehead atoms. The van der Waals surface area contributed by atoms with Crippen LogP contribution in [0.5, 0.6) is 11.6 Å². The van der Waals surface area contributed by atoms with Gasteiger partial charge in [-0.25, -0.2) is 9.37 Å². The molecule has 88 valence electrons. The van der Waals surface area contributed by atoms with Gasteiger partial charge in [-0.15, -0.1) is 0 Å². The maximum atomic E-state index is 13.2. The topological polar surface area (TPSA) is 55.2 Å². The van der Waals surface area contributed by atoms with Crippen molar-refractivity contribution < 1.29 is 14.2 Å². The Hall–Kier alpha value is -1.53. The van der Waals surface area contributed by atoms with Crippen molar-refractivity contribution >= 4 is 15.9 Å². The number of aliphatic hydroxyl groups excluding tert-OH is 1. The van der Waals surface area contributed by atoms with Gasteiger partial charge in [0, 0.05) is 6.07 Å². The normalized spacial score (nSPS) is 10.3. The lowest BCUT2D eigenvalue weighted by Crippen LogP contribution is -1.94. The molecule has 0 spiro atoms. The van der Waals surface area contributed by atoms with Crippen LogP contribution < -0.4 is 4.74 Å². The predicted octanol–water partition coefficient (Wildman–Crippen LogP) is 2.66. The number of hydrogen-bond acceptors (Lipinski definition) is 4. The Morgan fingerprint density at radius 1 is 1.29 bits per heavy atom. The van der Waals surface area contributed by atoms with E-state index in [0.717, 1.165) is 0 Å². The second-order valence-corrected chi connectivity index (χ2v) is 4.04. The minimum absolute atomic E-state index is 0.180. The number of aromatic nitrogens is 2. The van der Waals surface area contributed by atoms with Gasteiger partial charge in [0.25, 0.3) is 0 Å². The Balaban J connectivity index is 2.16. The van der Waals surface area contributed by atoms with Crippen LogP contribution in [0, 0.1) is 5.82 Å². The predicted molar refractivity (Wildman–Crippen MR) is 62.1 cm³/mol. The van der Waals surface area contributed by atoms with Crippen LogP contribution in [0.3, 0.4) is 0 Å². The molecule has 0 atom stereocenters. The fourth-order valence-electron chi connectivity index (χ4n) is 1.14. The molecule has 2 rings (SSSR count). The maximum Gasteiger partial charge on any atom is 0.237 e. The quantitative estimate of drug-likeness (QED) is 0.946. The van der Waals surface area contributed by atoms with E-state index in [-0.39, 0.29) is 12.5 Å². The maximum absolute atomic E-state index is 13.2. The zero-order chi connectivity index (χ0) is 12.3. The van der Waals surface area contributed by atoms with E-state index in [2.05, 4.69) is 25.9 Å². The lowest BCUT2D eigenvalue weighted by molar-refractivity contribution is 0.276. The van der Waals surface area contributed by atoms with Crippen molar-refractivity contribution in [1.29, 1.82) is 0 Å². The van der Waals surface area contributed by atoms with E-state index in [1.807, 2.05) is 0 Å². The summed E-state index contributed by atoms with van der Waals surface area (Å²) in [6.07, 6.45) is 2.76. The molecule has 2 aromatic rings. The monoisotopic (exact) mass is 298 g/mol. The Kier molecular flexibility index (Phi) is 3.65. The van der Waals surface area contributed by atoms with Crippen LogP contribution in [-0.4, -0.2) is 15.1 Å². The molecule has 0 fully saturated rings. The minimum Gasteiger partial charge on any atom is -0.437 e. The van der Waals surface area contributed by atoms with Crippen molar-refractivity contribution in [2.45, 2.75) is 6.61 Å². The highest BCUT2D eigenvalue weighted by Gasteiger charge is 2.04. The number of aliphatic hydroxyl groups is 1. The van der Waals surface area contributed by atoms with Crippen molar-refractivity contribution in [3.05, 3.63) is 46.6 Å². The van der Waals surface area contributed by atoms with Crippen LogP contribution in [0.15, 0.2) is 35.1 Å². The first-order valence-electron chi connectivity index (χ1n) is 4.73. The smallest absolute Gasteiger partial charge is 0.237 e. The number of ether oxygens (including phenoxy) is 1. The van der Waals surface area contributed by atoms with E-state index < -0.39 is 5.82 Å². The van der Waals surface area contributed by atoms with E-state index in [1.165, 1.54) is 18.5 Å². The first-order chi connectivity index (χ1) is 8.19. The molecule has 1 aromatic heterocycles. The Labute approximate surface area is 105 Å². The summed E-state index contributed by atoms with van der Waals surface area (Å²) in [4.78, 5) is 7.81. The fourth-order valence-corrected chi connectivity index (χ4v) is 1.38. The molecule has 0 aliphatic heterocycles. The average Bonchev–Trinajstić information content (AvgIpc) is 2.35. The SMILES string of the molecule is OCc1cnc(Oc2ccc(Br)c(F)c2)cn1. The summed E-state index contributed by atoms with van der Waals surface area (Å²) in [6, 6.07) is 4.39. The van der Waals surface area contributed by atoms with E-state index in [9.17, 15) is 4.39 Å². The summed E-state index contributed by atoms with van der Waals surface area (Å²) < 4.78 is 18.9. The van der Waals surface area contributed by atoms with Crippen LogP contribution in [-0.2, 0) is 6.61 Å². The minimum atomic E-state index is -0.414. The molecule has 0 amide bonds. The molecule has 1 aromatic carbocycles. The average molecular weight is 299 g/mol. The number of nitrogens with zero attached hydrogens (tertiary/aromatic N) is 2. The zero-order valence-electron chi connectivity index (χ0n) is 8.60. The summed E-state index contributed by atoms with van der Waals surface area (Å²) >= 11 is 3.05. The van der Waals surface area contributed by atoms with Crippen LogP contribution in [0.4, 0.5) is 4.39 Å². The summed E-state index contributed by atoms with van der Waals surface area (Å²) in [6.45, 7) is -0.180. The van der Waals surface area contributed by atoms with Gasteiger partial charge < -0.3 is 9.84 Å². The lowest BCUT2D eigenvalue weighted by Gasteiger charge is -2.05. The summed E-state index contributed by atoms with van der Waals surface area (Å²) in [5.74, 6) is 0.156. The fraction of sp³-hybridized carbons (Fsp3) is 0.0909. The summed E-state index contributed by atoms with van der Waals surface area (Å²) in [5.41, 5.74) is 0.444. The molecule has 6 heteroatoms. The third kappa shape index (κ3) is 2.98. The summed E-state index contributed by atoms with van der Waals surface area (Å²) in [7, 11) is 0. The van der Waals surface area contributed by atoms with Gasteiger partial charge in [0.15, 0.2) is 0 Å². The van der Waals surface area contributed by atoms with Crippen molar-refractivity contribution in [3.8, 4) is 11.6 Å². The molecule has 0 unspecified atom stereocenters. The van der Waals surface area contributed by atoms with Crippen molar-refractivity contribution in [2.24, 2.45) is 0 Å². The van der Waals surface area contributed by atoms with Crippen molar-refractivity contribution in [3.63, 3.8) is 0 Å². The third-order valence-corrected chi connectivity index (χ3v) is 2.60. The highest BCUT2D eigenvalue weighted by atomic mass is 79.9. The molecule has 1 heterocycles. The molecule has 4 nitrogen and oxygen atoms in total. The largest absolute Gasteiger partial charge is 0.437 e. The first kappa shape index (κ1) is 11.9. The van der Waals surface area contributed by atoms with Crippen LogP contribution in [0.2, 0.25) is 0 Å². The Morgan fingerprint density at radius 3 is 2.71 bits per heavy atom. The van der Waals surface area contributed by atoms with Gasteiger partial charge in [-0.2, -0.15) is 0 Å². The molecule has 1 N–H and O–H groups in total. The molecular weight excluding hydrogens is 291 g/mol. The van der Waals surface area contributed by atoms with Gasteiger partial charge in [-0.3, -0.25) is 4.98 Å². The van der Waals surface area contributed by atoms with Gasteiger partial charge in [0.05, 0.1) is 29.2 Å². The van der Waals surface area contributed by atoms with Crippen LogP contribution in [0.25, 0.3) is 0 Å². The van der Waals surface area contributed by atoms with E-state index in [0.29, 0.717) is 15.9 Å². The highest BCUT2D eigenvalue weighted by molar-refractivity contribution is 9.10. The van der Waals surface area contributed by atoms with E-state index in [1.54, 1.807) is 12.1 Å². The second kappa shape index (κ2) is 5.20. The molecule has 0 aliphatic rings. The molecule has 17 heavy (non-hydrogen) atoms. The molecular formula is C11H8BrFN2O2. The van der Waals surface area contributed by atoms with E-state index in [4.69, 9.17) is 9.84 Å². The van der Waals surface area contributed by atoms with Crippen LogP contribution >= 0.6 is 15.9 Å². The molecule has 0 radical (unpaired) electrons. The van der Waals surface area contributed by atoms with Gasteiger partial charge >= 0.3 is 0 Å². The number of halogens is 2. The van der Waals surface area contributed by atoms with Crippen LogP contribution in [0.1, 0.15) is 5.69 Å². The highest BCUT2D eigenvalue weighted by Crippen LogP contribution is 2.24. The second-order valence-electron chi connectivity index (χ2n) is 3.18. The lowest BCUT2D eigenvalue weighted by atomic mass is 10.3. The van der Waals surface area contributed by atoms with Gasteiger partial charge in [-0.1, -0.05) is 0 Å². The van der Waals surface area contributed by atoms with Crippen molar-refractivity contribution in [1.82, 2.24) is 9.97 Å². The molecule has 0 saturated carbocycles. The number of rotatable bonds is 3. The zero-order valence-corrected chi connectivity index (χ0v) is 10.2. The van der Waals surface area contributed by atoms with E-state index >= 15 is 0 Å². The van der Waals surface area contributed by atoms with Crippen molar-refractivity contribution in [2.75, 3.05) is 0 Å². The van der Waals surface area contributed by atoms with Gasteiger partial charge in [-0.05, 0) is 28.1 Å². The molecule has 0 aliphatic carbocycles. The Bertz CT molecular complexity index is 519. The number of hydrogen-bond donors (Lipinski definition) is 1. The first-order valence-corrected chi connectivity index (χ1v) is 5.53.